The van der Waals surface area contributed by atoms with Gasteiger partial charge in [0.05, 0.1) is 6.04 Å². The summed E-state index contributed by atoms with van der Waals surface area (Å²) in [5.74, 6) is 2.66. The summed E-state index contributed by atoms with van der Waals surface area (Å²) in [6.45, 7) is 2.69. The van der Waals surface area contributed by atoms with Crippen LogP contribution in [0.5, 0.6) is 5.75 Å². The highest BCUT2D eigenvalue weighted by atomic mass is 32.2. The maximum Gasteiger partial charge on any atom is 0.265 e. The molecule has 2 aliphatic rings. The van der Waals surface area contributed by atoms with Crippen LogP contribution in [0, 0.1) is 0 Å². The molecule has 2 unspecified atom stereocenters. The van der Waals surface area contributed by atoms with Crippen LogP contribution >= 0.6 is 11.8 Å². The van der Waals surface area contributed by atoms with Crippen LogP contribution in [0.15, 0.2) is 33.7 Å². The Morgan fingerprint density at radius 3 is 3.12 bits per heavy atom. The van der Waals surface area contributed by atoms with E-state index >= 15 is 0 Å². The Kier molecular flexibility index (Phi) is 4.18. The number of thioether (sulfide) groups is 1. The highest BCUT2D eigenvalue weighted by Crippen LogP contribution is 2.37. The molecule has 0 aliphatic carbocycles. The van der Waals surface area contributed by atoms with Crippen LogP contribution in [-0.2, 0) is 11.2 Å². The minimum atomic E-state index is -0.456. The Labute approximate surface area is 144 Å². The maximum absolute atomic E-state index is 13.0. The van der Waals surface area contributed by atoms with Gasteiger partial charge in [0, 0.05) is 23.6 Å². The number of nitrogens with zero attached hydrogens (tertiary/aromatic N) is 3. The Bertz CT molecular complexity index is 748. The summed E-state index contributed by atoms with van der Waals surface area (Å²) in [4.78, 5) is 20.3. The van der Waals surface area contributed by atoms with Gasteiger partial charge in [0.2, 0.25) is 5.89 Å². The molecule has 24 heavy (non-hydrogen) atoms. The molecule has 2 aromatic rings. The zero-order valence-electron chi connectivity index (χ0n) is 13.5. The zero-order valence-corrected chi connectivity index (χ0v) is 14.3. The number of benzene rings is 1. The van der Waals surface area contributed by atoms with Crippen LogP contribution in [0.1, 0.15) is 37.5 Å². The van der Waals surface area contributed by atoms with Gasteiger partial charge >= 0.3 is 0 Å². The van der Waals surface area contributed by atoms with Gasteiger partial charge in [-0.15, -0.1) is 11.8 Å². The van der Waals surface area contributed by atoms with Crippen molar-refractivity contribution in [1.29, 1.82) is 0 Å². The summed E-state index contributed by atoms with van der Waals surface area (Å²) in [6.07, 6.45) is 2.06. The average molecular weight is 345 g/mol. The van der Waals surface area contributed by atoms with Crippen molar-refractivity contribution < 1.29 is 14.1 Å². The minimum Gasteiger partial charge on any atom is -0.479 e. The Hall–Kier alpha value is -2.02. The van der Waals surface area contributed by atoms with E-state index in [-0.39, 0.29) is 11.9 Å². The zero-order chi connectivity index (χ0) is 16.5. The number of fused-ring (bicyclic) bond motifs is 1. The standard InChI is InChI=1S/C17H19N3O3S/c1-2-15-18-16(19-23-15)11-6-5-9-20(11)17(21)13-10-24-14-8-4-3-7-12(14)22-13/h3-4,7-8,11,13H,2,5-6,9-10H2,1H3. The molecule has 126 valence electrons. The lowest BCUT2D eigenvalue weighted by molar-refractivity contribution is -0.139. The van der Waals surface area contributed by atoms with Crippen LogP contribution in [0.25, 0.3) is 0 Å². The molecule has 0 spiro atoms. The van der Waals surface area contributed by atoms with Crippen LogP contribution in [0.4, 0.5) is 0 Å². The quantitative estimate of drug-likeness (QED) is 0.852. The fourth-order valence-electron chi connectivity index (χ4n) is 3.17. The molecular weight excluding hydrogens is 326 g/mol. The lowest BCUT2D eigenvalue weighted by atomic mass is 10.2. The largest absolute Gasteiger partial charge is 0.479 e. The van der Waals surface area contributed by atoms with Crippen LogP contribution in [-0.4, -0.2) is 39.3 Å². The van der Waals surface area contributed by atoms with Gasteiger partial charge in [0.1, 0.15) is 5.75 Å². The van der Waals surface area contributed by atoms with Crippen molar-refractivity contribution in [2.45, 2.75) is 43.2 Å². The number of aromatic nitrogens is 2. The van der Waals surface area contributed by atoms with E-state index < -0.39 is 6.10 Å². The van der Waals surface area contributed by atoms with Gasteiger partial charge in [-0.3, -0.25) is 4.79 Å². The molecule has 1 amide bonds. The van der Waals surface area contributed by atoms with Crippen molar-refractivity contribution in [2.75, 3.05) is 12.3 Å². The predicted molar refractivity (Wildman–Crippen MR) is 88.9 cm³/mol. The third kappa shape index (κ3) is 2.77. The molecule has 1 fully saturated rings. The number of aryl methyl sites for hydroxylation is 1. The molecule has 7 heteroatoms. The second kappa shape index (κ2) is 6.47. The van der Waals surface area contributed by atoms with Gasteiger partial charge in [-0.25, -0.2) is 0 Å². The van der Waals surface area contributed by atoms with Crippen LogP contribution in [0.2, 0.25) is 0 Å². The van der Waals surface area contributed by atoms with Crippen molar-refractivity contribution in [3.05, 3.63) is 36.0 Å². The third-order valence-corrected chi connectivity index (χ3v) is 5.52. The molecule has 0 radical (unpaired) electrons. The first-order valence-electron chi connectivity index (χ1n) is 8.27. The Morgan fingerprint density at radius 2 is 2.29 bits per heavy atom. The number of para-hydroxylation sites is 1. The highest BCUT2D eigenvalue weighted by molar-refractivity contribution is 7.99. The fraction of sp³-hybridized carbons (Fsp3) is 0.471. The molecule has 1 aromatic heterocycles. The normalized spacial score (nSPS) is 23.0. The van der Waals surface area contributed by atoms with Gasteiger partial charge in [0.15, 0.2) is 11.9 Å². The molecule has 6 nitrogen and oxygen atoms in total. The van der Waals surface area contributed by atoms with Crippen molar-refractivity contribution in [2.24, 2.45) is 0 Å². The summed E-state index contributed by atoms with van der Waals surface area (Å²) >= 11 is 1.67. The molecule has 0 N–H and O–H groups in total. The van der Waals surface area contributed by atoms with Gasteiger partial charge in [0.25, 0.3) is 5.91 Å². The Morgan fingerprint density at radius 1 is 1.42 bits per heavy atom. The first-order valence-corrected chi connectivity index (χ1v) is 9.26. The summed E-state index contributed by atoms with van der Waals surface area (Å²) in [5, 5.41) is 4.06. The van der Waals surface area contributed by atoms with Crippen molar-refractivity contribution >= 4 is 17.7 Å². The third-order valence-electron chi connectivity index (χ3n) is 4.40. The number of ether oxygens (including phenoxy) is 1. The Balaban J connectivity index is 1.51. The maximum atomic E-state index is 13.0. The minimum absolute atomic E-state index is 0.0161. The van der Waals surface area contributed by atoms with E-state index in [1.807, 2.05) is 36.1 Å². The molecule has 2 aliphatic heterocycles. The van der Waals surface area contributed by atoms with Gasteiger partial charge < -0.3 is 14.2 Å². The monoisotopic (exact) mass is 345 g/mol. The van der Waals surface area contributed by atoms with Crippen molar-refractivity contribution in [1.82, 2.24) is 15.0 Å². The van der Waals surface area contributed by atoms with E-state index in [9.17, 15) is 4.79 Å². The predicted octanol–water partition coefficient (Wildman–Crippen LogP) is 2.85. The molecular formula is C17H19N3O3S. The fourth-order valence-corrected chi connectivity index (χ4v) is 4.15. The number of hydrogen-bond acceptors (Lipinski definition) is 6. The van der Waals surface area contributed by atoms with E-state index in [2.05, 4.69) is 10.1 Å². The van der Waals surface area contributed by atoms with Gasteiger partial charge in [-0.1, -0.05) is 24.2 Å². The topological polar surface area (TPSA) is 68.5 Å². The molecule has 0 bridgehead atoms. The first-order chi connectivity index (χ1) is 11.8. The summed E-state index contributed by atoms with van der Waals surface area (Å²) < 4.78 is 11.2. The smallest absolute Gasteiger partial charge is 0.265 e. The van der Waals surface area contributed by atoms with Gasteiger partial charge in [-0.2, -0.15) is 4.98 Å². The van der Waals surface area contributed by atoms with Crippen molar-refractivity contribution in [3.8, 4) is 5.75 Å². The molecule has 0 saturated carbocycles. The molecule has 1 saturated heterocycles. The van der Waals surface area contributed by atoms with Gasteiger partial charge in [-0.05, 0) is 25.0 Å². The van der Waals surface area contributed by atoms with E-state index in [4.69, 9.17) is 9.26 Å². The number of likely N-dealkylation sites (tertiary alicyclic amines) is 1. The molecule has 1 aromatic carbocycles. The lowest BCUT2D eigenvalue weighted by Gasteiger charge is -2.30. The number of carbonyl (C=O) groups is 1. The second-order valence-electron chi connectivity index (χ2n) is 5.95. The average Bonchev–Trinajstić information content (AvgIpc) is 3.29. The van der Waals surface area contributed by atoms with E-state index in [1.54, 1.807) is 11.8 Å². The molecule has 4 rings (SSSR count). The number of hydrogen-bond donors (Lipinski definition) is 0. The summed E-state index contributed by atoms with van der Waals surface area (Å²) in [7, 11) is 0. The number of amides is 1. The summed E-state index contributed by atoms with van der Waals surface area (Å²) in [5.41, 5.74) is 0. The first kappa shape index (κ1) is 15.5. The summed E-state index contributed by atoms with van der Waals surface area (Å²) in [6, 6.07) is 7.74. The number of rotatable bonds is 3. The molecule has 2 atom stereocenters. The van der Waals surface area contributed by atoms with E-state index in [0.717, 1.165) is 23.5 Å². The second-order valence-corrected chi connectivity index (χ2v) is 7.02. The highest BCUT2D eigenvalue weighted by Gasteiger charge is 2.38. The van der Waals surface area contributed by atoms with E-state index in [1.165, 1.54) is 0 Å². The van der Waals surface area contributed by atoms with Crippen molar-refractivity contribution in [3.63, 3.8) is 0 Å². The SMILES string of the molecule is CCc1nc(C2CCCN2C(=O)C2CSc3ccccc3O2)no1. The number of carbonyl (C=O) groups excluding carboxylic acids is 1. The van der Waals surface area contributed by atoms with Crippen LogP contribution < -0.4 is 4.74 Å². The molecule has 3 heterocycles. The van der Waals surface area contributed by atoms with Crippen LogP contribution in [0.3, 0.4) is 0 Å². The lowest BCUT2D eigenvalue weighted by Crippen LogP contribution is -2.44. The van der Waals surface area contributed by atoms with E-state index in [0.29, 0.717) is 30.4 Å².